The number of hydrogen-bond donors (Lipinski definition) is 1. The number of anilines is 1. The van der Waals surface area contributed by atoms with Gasteiger partial charge in [0.2, 0.25) is 10.0 Å². The summed E-state index contributed by atoms with van der Waals surface area (Å²) in [6, 6.07) is 11.5. The van der Waals surface area contributed by atoms with E-state index >= 15 is 0 Å². The van der Waals surface area contributed by atoms with Crippen molar-refractivity contribution >= 4 is 44.6 Å². The highest BCUT2D eigenvalue weighted by atomic mass is 35.5. The molecule has 2 aliphatic carbocycles. The summed E-state index contributed by atoms with van der Waals surface area (Å²) in [5.74, 6) is 0.643. The largest absolute Gasteiger partial charge is 0.490 e. The average Bonchev–Trinajstić information content (AvgIpc) is 3.48. The van der Waals surface area contributed by atoms with Gasteiger partial charge in [0, 0.05) is 40.7 Å². The van der Waals surface area contributed by atoms with Crippen molar-refractivity contribution in [2.75, 3.05) is 30.3 Å². The molecule has 45 heavy (non-hydrogen) atoms. The lowest BCUT2D eigenvalue weighted by Gasteiger charge is -2.46. The third-order valence-electron chi connectivity index (χ3n) is 9.89. The highest BCUT2D eigenvalue weighted by Crippen LogP contribution is 2.47. The lowest BCUT2D eigenvalue weighted by molar-refractivity contribution is -0.0226. The van der Waals surface area contributed by atoms with Crippen LogP contribution in [0.15, 0.2) is 60.1 Å². The number of carbonyl (C=O) groups is 1. The summed E-state index contributed by atoms with van der Waals surface area (Å²) in [4.78, 5) is 20.0. The van der Waals surface area contributed by atoms with E-state index in [-0.39, 0.29) is 17.3 Å². The Hall–Kier alpha value is -2.92. The molecule has 1 spiro atoms. The van der Waals surface area contributed by atoms with Crippen LogP contribution in [0.3, 0.4) is 0 Å². The van der Waals surface area contributed by atoms with Gasteiger partial charge in [-0.3, -0.25) is 4.79 Å². The summed E-state index contributed by atoms with van der Waals surface area (Å²) < 4.78 is 41.0. The summed E-state index contributed by atoms with van der Waals surface area (Å²) in [6.45, 7) is 2.46. The maximum atomic E-state index is 13.2. The zero-order chi connectivity index (χ0) is 31.0. The minimum absolute atomic E-state index is 0.0996. The molecule has 0 saturated heterocycles. The molecule has 238 valence electrons. The van der Waals surface area contributed by atoms with E-state index < -0.39 is 15.9 Å². The van der Waals surface area contributed by atoms with Gasteiger partial charge in [0.15, 0.2) is 0 Å². The number of ether oxygens (including phenoxy) is 2. The lowest BCUT2D eigenvalue weighted by atomic mass is 9.68. The summed E-state index contributed by atoms with van der Waals surface area (Å²) in [5.41, 5.74) is 3.43. The Labute approximate surface area is 273 Å². The summed E-state index contributed by atoms with van der Waals surface area (Å²) in [5, 5.41) is 3.64. The number of fused-ring (bicyclic) bond motifs is 4. The van der Waals surface area contributed by atoms with Crippen LogP contribution in [0.25, 0.3) is 0 Å². The molecule has 1 amide bonds. The van der Waals surface area contributed by atoms with Gasteiger partial charge in [-0.05, 0) is 98.2 Å². The molecule has 1 fully saturated rings. The Balaban J connectivity index is 1.26. The predicted octanol–water partition coefficient (Wildman–Crippen LogP) is 6.29. The van der Waals surface area contributed by atoms with Crippen molar-refractivity contribution in [3.8, 4) is 5.75 Å². The number of aromatic nitrogens is 1. The van der Waals surface area contributed by atoms with Crippen LogP contribution in [0.5, 0.6) is 5.75 Å². The molecule has 4 aliphatic rings. The monoisotopic (exact) mass is 667 g/mol. The standard InChI is InChI=1S/C34H38ClN3O5S2/c35-26-9-11-28-23(17-26)5-4-13-34(28)21-38-19-25-7-10-27(25)30(42-20-32-36-14-15-44-32)6-2-1-3-16-45(40,41)37-33(39)24-8-12-31(43-22-34)29(38)18-24/h2,6,8-9,11-12,14-15,17-18,25,27,30H,1,3-5,7,10,13,16,19-22H2,(H,37,39)/b6-2+/t25?,27-,30-,34?/m1/s1. The molecule has 8 nitrogen and oxygen atoms in total. The van der Waals surface area contributed by atoms with Crippen LogP contribution >= 0.6 is 22.9 Å². The minimum Gasteiger partial charge on any atom is -0.490 e. The Morgan fingerprint density at radius 1 is 1.18 bits per heavy atom. The molecular formula is C34H38ClN3O5S2. The molecule has 11 heteroatoms. The first kappa shape index (κ1) is 30.7. The fourth-order valence-corrected chi connectivity index (χ4v) is 9.26. The fraction of sp³-hybridized carbons (Fsp3) is 0.471. The maximum absolute atomic E-state index is 13.2. The topological polar surface area (TPSA) is 97.8 Å². The van der Waals surface area contributed by atoms with Crippen molar-refractivity contribution in [1.82, 2.24) is 9.71 Å². The number of carbonyl (C=O) groups excluding carboxylic acids is 1. The smallest absolute Gasteiger partial charge is 0.264 e. The van der Waals surface area contributed by atoms with Gasteiger partial charge >= 0.3 is 0 Å². The van der Waals surface area contributed by atoms with E-state index in [1.807, 2.05) is 23.6 Å². The third-order valence-corrected chi connectivity index (χ3v) is 12.2. The highest BCUT2D eigenvalue weighted by molar-refractivity contribution is 7.90. The van der Waals surface area contributed by atoms with Crippen molar-refractivity contribution in [2.24, 2.45) is 11.8 Å². The maximum Gasteiger partial charge on any atom is 0.264 e. The van der Waals surface area contributed by atoms with Crippen molar-refractivity contribution in [3.63, 3.8) is 0 Å². The number of nitrogens with zero attached hydrogens (tertiary/aromatic N) is 2. The minimum atomic E-state index is -3.80. The summed E-state index contributed by atoms with van der Waals surface area (Å²) >= 11 is 8.01. The number of thiazole rings is 1. The Morgan fingerprint density at radius 3 is 2.91 bits per heavy atom. The number of halogens is 1. The van der Waals surface area contributed by atoms with Gasteiger partial charge in [-0.15, -0.1) is 11.3 Å². The van der Waals surface area contributed by atoms with Crippen LogP contribution < -0.4 is 14.4 Å². The number of sulfonamides is 1. The van der Waals surface area contributed by atoms with Gasteiger partial charge < -0.3 is 14.4 Å². The molecule has 0 radical (unpaired) electrons. The van der Waals surface area contributed by atoms with Crippen molar-refractivity contribution in [1.29, 1.82) is 0 Å². The second-order valence-corrected chi connectivity index (χ2v) is 16.1. The molecule has 4 atom stereocenters. The number of rotatable bonds is 3. The van der Waals surface area contributed by atoms with E-state index in [0.29, 0.717) is 49.2 Å². The molecule has 1 aromatic heterocycles. The summed E-state index contributed by atoms with van der Waals surface area (Å²) in [7, 11) is -3.80. The average molecular weight is 668 g/mol. The van der Waals surface area contributed by atoms with E-state index in [1.54, 1.807) is 29.7 Å². The molecule has 1 saturated carbocycles. The van der Waals surface area contributed by atoms with Crippen LogP contribution in [-0.4, -0.2) is 50.9 Å². The second kappa shape index (κ2) is 12.7. The van der Waals surface area contributed by atoms with E-state index in [4.69, 9.17) is 21.1 Å². The van der Waals surface area contributed by atoms with E-state index in [9.17, 15) is 13.2 Å². The van der Waals surface area contributed by atoms with Crippen molar-refractivity contribution in [3.05, 3.63) is 86.8 Å². The first-order chi connectivity index (χ1) is 21.8. The molecule has 3 aromatic rings. The van der Waals surface area contributed by atoms with Gasteiger partial charge in [-0.1, -0.05) is 29.8 Å². The number of allylic oxidation sites excluding steroid dienone is 1. The third kappa shape index (κ3) is 6.52. The molecule has 2 unspecified atom stereocenters. The van der Waals surface area contributed by atoms with Crippen LogP contribution in [-0.2, 0) is 33.2 Å². The molecular weight excluding hydrogens is 630 g/mol. The van der Waals surface area contributed by atoms with Gasteiger partial charge in [-0.2, -0.15) is 0 Å². The lowest BCUT2D eigenvalue weighted by Crippen LogP contribution is -2.49. The number of aryl methyl sites for hydroxylation is 1. The number of nitrogens with one attached hydrogen (secondary N) is 1. The van der Waals surface area contributed by atoms with Gasteiger partial charge in [0.1, 0.15) is 10.8 Å². The fourth-order valence-electron chi connectivity index (χ4n) is 7.48. The number of amides is 1. The van der Waals surface area contributed by atoms with Crippen molar-refractivity contribution in [2.45, 2.75) is 63.1 Å². The molecule has 2 bridgehead atoms. The Bertz CT molecular complexity index is 1700. The number of benzene rings is 2. The second-order valence-electron chi connectivity index (χ2n) is 12.8. The van der Waals surface area contributed by atoms with E-state index in [2.05, 4.69) is 32.8 Å². The van der Waals surface area contributed by atoms with Crippen LogP contribution in [0.4, 0.5) is 5.69 Å². The molecule has 3 heterocycles. The quantitative estimate of drug-likeness (QED) is 0.328. The zero-order valence-electron chi connectivity index (χ0n) is 25.1. The Morgan fingerprint density at radius 2 is 2.09 bits per heavy atom. The SMILES string of the molecule is O=C1NS(=O)(=O)CCC/C=C/[C@@H](OCc2nccs2)[C@@H]2CCC2CN2CC3(CCCc4cc(Cl)ccc43)COc3ccc1cc32. The molecule has 2 aliphatic heterocycles. The van der Waals surface area contributed by atoms with Gasteiger partial charge in [0.25, 0.3) is 5.91 Å². The summed E-state index contributed by atoms with van der Waals surface area (Å²) in [6.07, 6.45) is 12.0. The van der Waals surface area contributed by atoms with Crippen LogP contribution in [0, 0.1) is 11.8 Å². The zero-order valence-corrected chi connectivity index (χ0v) is 27.5. The van der Waals surface area contributed by atoms with E-state index in [0.717, 1.165) is 60.9 Å². The van der Waals surface area contributed by atoms with E-state index in [1.165, 1.54) is 11.1 Å². The van der Waals surface area contributed by atoms with Crippen LogP contribution in [0.1, 0.15) is 65.0 Å². The Kier molecular flexibility index (Phi) is 8.67. The first-order valence-corrected chi connectivity index (χ1v) is 18.7. The molecule has 1 N–H and O–H groups in total. The highest BCUT2D eigenvalue weighted by Gasteiger charge is 2.44. The number of hydrogen-bond acceptors (Lipinski definition) is 8. The molecule has 2 aromatic carbocycles. The van der Waals surface area contributed by atoms with Gasteiger partial charge in [-0.25, -0.2) is 18.1 Å². The van der Waals surface area contributed by atoms with Crippen molar-refractivity contribution < 1.29 is 22.7 Å². The van der Waals surface area contributed by atoms with Crippen LogP contribution in [0.2, 0.25) is 5.02 Å². The predicted molar refractivity (Wildman–Crippen MR) is 177 cm³/mol. The van der Waals surface area contributed by atoms with Gasteiger partial charge in [0.05, 0.1) is 30.8 Å². The normalized spacial score (nSPS) is 28.5. The first-order valence-electron chi connectivity index (χ1n) is 15.8. The molecule has 7 rings (SSSR count).